The molecule has 6 aromatic rings. The minimum atomic E-state index is -1.23. The van der Waals surface area contributed by atoms with Gasteiger partial charge in [0.15, 0.2) is 5.69 Å². The van der Waals surface area contributed by atoms with Crippen LogP contribution >= 0.6 is 0 Å². The van der Waals surface area contributed by atoms with E-state index in [1.807, 2.05) is 42.7 Å². The Labute approximate surface area is 258 Å². The van der Waals surface area contributed by atoms with Gasteiger partial charge in [0, 0.05) is 73.7 Å². The van der Waals surface area contributed by atoms with Gasteiger partial charge >= 0.3 is 0 Å². The molecule has 0 bridgehead atoms. The highest BCUT2D eigenvalue weighted by molar-refractivity contribution is 6.76. The summed E-state index contributed by atoms with van der Waals surface area (Å²) in [5.74, 6) is -0.289. The van der Waals surface area contributed by atoms with Crippen molar-refractivity contribution >= 4 is 47.0 Å². The van der Waals surface area contributed by atoms with Gasteiger partial charge in [0.2, 0.25) is 0 Å². The Balaban J connectivity index is 1.36. The predicted molar refractivity (Wildman–Crippen MR) is 181 cm³/mol. The lowest BCUT2D eigenvalue weighted by Gasteiger charge is -2.15. The summed E-state index contributed by atoms with van der Waals surface area (Å²) in [6.07, 6.45) is 7.07. The maximum absolute atomic E-state index is 13.5. The second-order valence-corrected chi connectivity index (χ2v) is 17.7. The minimum absolute atomic E-state index is 0.273. The van der Waals surface area contributed by atoms with E-state index in [4.69, 9.17) is 9.84 Å². The van der Waals surface area contributed by atoms with Gasteiger partial charge in [0.25, 0.3) is 5.91 Å². The molecule has 6 rings (SSSR count). The third-order valence-electron chi connectivity index (χ3n) is 7.55. The van der Waals surface area contributed by atoms with Gasteiger partial charge in [-0.25, -0.2) is 4.68 Å². The van der Waals surface area contributed by atoms with E-state index in [0.717, 1.165) is 44.5 Å². The van der Waals surface area contributed by atoms with Crippen LogP contribution < -0.4 is 10.6 Å². The first-order valence-electron chi connectivity index (χ1n) is 14.8. The number of pyridine rings is 2. The first-order chi connectivity index (χ1) is 21.4. The van der Waals surface area contributed by atoms with E-state index in [1.54, 1.807) is 29.2 Å². The van der Waals surface area contributed by atoms with Crippen molar-refractivity contribution in [2.75, 3.05) is 17.2 Å². The van der Waals surface area contributed by atoms with E-state index in [-0.39, 0.29) is 12.6 Å². The first kappa shape index (κ1) is 29.2. The fourth-order valence-corrected chi connectivity index (χ4v) is 5.90. The molecule has 0 aliphatic carbocycles. The Morgan fingerprint density at radius 2 is 1.68 bits per heavy atom. The van der Waals surface area contributed by atoms with Crippen LogP contribution in [0.15, 0.2) is 104 Å². The van der Waals surface area contributed by atoms with Crippen molar-refractivity contribution in [1.29, 1.82) is 0 Å². The largest absolute Gasteiger partial charge is 0.380 e. The summed E-state index contributed by atoms with van der Waals surface area (Å²) < 4.78 is 7.81. The molecule has 0 spiro atoms. The van der Waals surface area contributed by atoms with Crippen molar-refractivity contribution in [2.24, 2.45) is 0 Å². The van der Waals surface area contributed by atoms with E-state index in [0.29, 0.717) is 24.5 Å². The number of carbonyl (C=O) groups is 1. The molecule has 3 aromatic heterocycles. The molecular weight excluding hydrogens is 565 g/mol. The Hall–Kier alpha value is -4.86. The second-order valence-electron chi connectivity index (χ2n) is 12.0. The van der Waals surface area contributed by atoms with Crippen molar-refractivity contribution in [3.05, 3.63) is 115 Å². The number of ether oxygens (including phenoxy) is 1. The van der Waals surface area contributed by atoms with E-state index in [9.17, 15) is 4.79 Å². The summed E-state index contributed by atoms with van der Waals surface area (Å²) in [5, 5.41) is 14.1. The zero-order chi connectivity index (χ0) is 30.5. The smallest absolute Gasteiger partial charge is 0.276 e. The third kappa shape index (κ3) is 6.69. The van der Waals surface area contributed by atoms with Gasteiger partial charge in [0.1, 0.15) is 6.73 Å². The normalized spacial score (nSPS) is 11.6. The Kier molecular flexibility index (Phi) is 8.49. The highest BCUT2D eigenvalue weighted by Gasteiger charge is 2.20. The molecule has 3 aromatic carbocycles. The number of aromatic nitrogens is 4. The molecular formula is C35H36N6O2Si. The number of fused-ring (bicyclic) bond motifs is 2. The molecule has 0 fully saturated rings. The SMILES string of the molecule is C[Si](C)(C)CCOCn1nc(C(=O)Nc2ccncc2)c2cc(-c3cncc4c(NCc5ccccc5)cccc34)ccc21. The highest BCUT2D eigenvalue weighted by Crippen LogP contribution is 2.34. The number of hydrogen-bond acceptors (Lipinski definition) is 6. The summed E-state index contributed by atoms with van der Waals surface area (Å²) >= 11 is 0. The lowest BCUT2D eigenvalue weighted by atomic mass is 9.98. The molecule has 9 heteroatoms. The summed E-state index contributed by atoms with van der Waals surface area (Å²) in [7, 11) is -1.23. The standard InChI is InChI=1S/C35H36N6O2Si/c1-44(2,3)19-18-43-24-41-33-13-12-26(20-29(33)34(40-41)35(42)39-27-14-16-36-17-15-27)30-22-37-23-31-28(30)10-7-11-32(31)38-21-25-8-5-4-6-9-25/h4-17,20,22-23,38H,18-19,21,24H2,1-3H3,(H,36,39,42). The van der Waals surface area contributed by atoms with Crippen LogP contribution in [0, 0.1) is 0 Å². The molecule has 44 heavy (non-hydrogen) atoms. The molecule has 0 saturated heterocycles. The van der Waals surface area contributed by atoms with Crippen molar-refractivity contribution in [1.82, 2.24) is 19.7 Å². The van der Waals surface area contributed by atoms with Crippen LogP contribution in [0.3, 0.4) is 0 Å². The molecule has 3 heterocycles. The van der Waals surface area contributed by atoms with Crippen molar-refractivity contribution < 1.29 is 9.53 Å². The fourth-order valence-electron chi connectivity index (χ4n) is 5.14. The van der Waals surface area contributed by atoms with Gasteiger partial charge in [-0.2, -0.15) is 5.10 Å². The van der Waals surface area contributed by atoms with Crippen molar-refractivity contribution in [3.8, 4) is 11.1 Å². The number of amides is 1. The van der Waals surface area contributed by atoms with Crippen molar-refractivity contribution in [2.45, 2.75) is 39.0 Å². The number of nitrogens with one attached hydrogen (secondary N) is 2. The average molecular weight is 601 g/mol. The topological polar surface area (TPSA) is 94.0 Å². The molecule has 1 amide bonds. The number of hydrogen-bond donors (Lipinski definition) is 2. The maximum atomic E-state index is 13.5. The van der Waals surface area contributed by atoms with Gasteiger partial charge in [-0.3, -0.25) is 14.8 Å². The Bertz CT molecular complexity index is 1900. The van der Waals surface area contributed by atoms with E-state index >= 15 is 0 Å². The minimum Gasteiger partial charge on any atom is -0.380 e. The van der Waals surface area contributed by atoms with Crippen LogP contribution in [-0.4, -0.2) is 40.3 Å². The monoisotopic (exact) mass is 600 g/mol. The number of rotatable bonds is 11. The average Bonchev–Trinajstić information content (AvgIpc) is 3.40. The van der Waals surface area contributed by atoms with E-state index in [1.165, 1.54) is 5.56 Å². The van der Waals surface area contributed by atoms with Crippen LogP contribution in [0.1, 0.15) is 16.1 Å². The Morgan fingerprint density at radius 3 is 2.48 bits per heavy atom. The van der Waals surface area contributed by atoms with Crippen molar-refractivity contribution in [3.63, 3.8) is 0 Å². The molecule has 0 aliphatic heterocycles. The summed E-state index contributed by atoms with van der Waals surface area (Å²) in [4.78, 5) is 22.2. The van der Waals surface area contributed by atoms with Crippen LogP contribution in [0.25, 0.3) is 32.8 Å². The number of carbonyl (C=O) groups excluding carboxylic acids is 1. The number of benzene rings is 3. The lowest BCUT2D eigenvalue weighted by Crippen LogP contribution is -2.22. The molecule has 0 saturated carbocycles. The van der Waals surface area contributed by atoms with Gasteiger partial charge in [-0.1, -0.05) is 68.2 Å². The fraction of sp³-hybridized carbons (Fsp3) is 0.200. The van der Waals surface area contributed by atoms with E-state index in [2.05, 4.69) is 76.6 Å². The zero-order valence-electron chi connectivity index (χ0n) is 25.2. The lowest BCUT2D eigenvalue weighted by molar-refractivity contribution is 0.0809. The number of anilines is 2. The Morgan fingerprint density at radius 1 is 0.864 bits per heavy atom. The third-order valence-corrected chi connectivity index (χ3v) is 9.26. The first-order valence-corrected chi connectivity index (χ1v) is 18.5. The maximum Gasteiger partial charge on any atom is 0.276 e. The molecule has 2 N–H and O–H groups in total. The van der Waals surface area contributed by atoms with Gasteiger partial charge in [-0.15, -0.1) is 0 Å². The quantitative estimate of drug-likeness (QED) is 0.116. The van der Waals surface area contributed by atoms with E-state index < -0.39 is 8.07 Å². The summed E-state index contributed by atoms with van der Waals surface area (Å²) in [6, 6.07) is 27.2. The summed E-state index contributed by atoms with van der Waals surface area (Å²) in [5.41, 5.74) is 5.98. The van der Waals surface area contributed by atoms with Crippen LogP contribution in [0.4, 0.5) is 11.4 Å². The zero-order valence-corrected chi connectivity index (χ0v) is 26.2. The van der Waals surface area contributed by atoms with Gasteiger partial charge < -0.3 is 15.4 Å². The van der Waals surface area contributed by atoms with Crippen LogP contribution in [0.2, 0.25) is 25.7 Å². The molecule has 0 unspecified atom stereocenters. The van der Waals surface area contributed by atoms with Gasteiger partial charge in [0.05, 0.1) is 5.52 Å². The van der Waals surface area contributed by atoms with Gasteiger partial charge in [-0.05, 0) is 52.9 Å². The van der Waals surface area contributed by atoms with Crippen LogP contribution in [-0.2, 0) is 18.0 Å². The molecule has 0 aliphatic rings. The highest BCUT2D eigenvalue weighted by atomic mass is 28.3. The second kappa shape index (κ2) is 12.8. The number of nitrogens with zero attached hydrogens (tertiary/aromatic N) is 4. The van der Waals surface area contributed by atoms with Crippen LogP contribution in [0.5, 0.6) is 0 Å². The molecule has 222 valence electrons. The molecule has 0 atom stereocenters. The molecule has 0 radical (unpaired) electrons. The predicted octanol–water partition coefficient (Wildman–Crippen LogP) is 7.82. The molecule has 8 nitrogen and oxygen atoms in total. The summed E-state index contributed by atoms with van der Waals surface area (Å²) in [6.45, 7) is 8.63.